The molecule has 34 heavy (non-hydrogen) atoms. The highest BCUT2D eigenvalue weighted by Gasteiger charge is 2.27. The average molecular weight is 477 g/mol. The first-order valence-corrected chi connectivity index (χ1v) is 12.3. The summed E-state index contributed by atoms with van der Waals surface area (Å²) in [5.41, 5.74) is 2.96. The van der Waals surface area contributed by atoms with E-state index >= 15 is 0 Å². The maximum absolute atomic E-state index is 13.5. The lowest BCUT2D eigenvalue weighted by atomic mass is 10.0. The van der Waals surface area contributed by atoms with Gasteiger partial charge in [0.15, 0.2) is 12.4 Å². The van der Waals surface area contributed by atoms with E-state index in [2.05, 4.69) is 5.32 Å². The molecule has 1 aromatic heterocycles. The van der Waals surface area contributed by atoms with Gasteiger partial charge in [0, 0.05) is 23.5 Å². The normalized spacial score (nSPS) is 13.4. The number of carbonyl (C=O) groups is 3. The largest absolute Gasteiger partial charge is 0.484 e. The molecule has 0 bridgehead atoms. The van der Waals surface area contributed by atoms with Crippen LogP contribution in [-0.2, 0) is 4.79 Å². The highest BCUT2D eigenvalue weighted by atomic mass is 32.1. The molecule has 6 nitrogen and oxygen atoms in total. The van der Waals surface area contributed by atoms with E-state index in [4.69, 9.17) is 4.74 Å². The number of piperidine rings is 1. The molecule has 1 saturated heterocycles. The predicted octanol–water partition coefficient (Wildman–Crippen LogP) is 5.57. The molecule has 0 radical (unpaired) electrons. The van der Waals surface area contributed by atoms with Crippen molar-refractivity contribution >= 4 is 33.9 Å². The van der Waals surface area contributed by atoms with E-state index in [-0.39, 0.29) is 24.2 Å². The average Bonchev–Trinajstić information content (AvgIpc) is 3.18. The number of nitrogens with zero attached hydrogens (tertiary/aromatic N) is 1. The number of Topliss-reactive ketones (excluding diaryl/α,β-unsaturated/α-hetero) is 1. The van der Waals surface area contributed by atoms with Gasteiger partial charge in [-0.25, -0.2) is 0 Å². The van der Waals surface area contributed by atoms with E-state index in [1.807, 2.05) is 42.2 Å². The van der Waals surface area contributed by atoms with Crippen LogP contribution in [0.2, 0.25) is 0 Å². The number of ketones is 1. The third-order valence-corrected chi connectivity index (χ3v) is 7.16. The molecule has 0 aliphatic carbocycles. The number of thiophene rings is 1. The van der Waals surface area contributed by atoms with Gasteiger partial charge in [0.1, 0.15) is 10.8 Å². The topological polar surface area (TPSA) is 75.7 Å². The monoisotopic (exact) mass is 476 g/mol. The van der Waals surface area contributed by atoms with Crippen molar-refractivity contribution in [2.75, 3.05) is 25.0 Å². The highest BCUT2D eigenvalue weighted by Crippen LogP contribution is 2.40. The van der Waals surface area contributed by atoms with E-state index in [0.29, 0.717) is 21.9 Å². The molecule has 4 rings (SSSR count). The van der Waals surface area contributed by atoms with E-state index in [1.165, 1.54) is 18.3 Å². The fourth-order valence-corrected chi connectivity index (χ4v) is 5.32. The van der Waals surface area contributed by atoms with Gasteiger partial charge < -0.3 is 15.0 Å². The van der Waals surface area contributed by atoms with Gasteiger partial charge in [0.2, 0.25) is 0 Å². The lowest BCUT2D eigenvalue weighted by Crippen LogP contribution is -2.36. The molecule has 7 heteroatoms. The molecule has 1 aliphatic heterocycles. The fraction of sp³-hybridized carbons (Fsp3) is 0.296. The van der Waals surface area contributed by atoms with Crippen LogP contribution >= 0.6 is 11.3 Å². The minimum absolute atomic E-state index is 0.0407. The molecule has 1 aliphatic rings. The number of hydrogen-bond acceptors (Lipinski definition) is 5. The first-order chi connectivity index (χ1) is 16.4. The van der Waals surface area contributed by atoms with Gasteiger partial charge in [-0.3, -0.25) is 14.4 Å². The van der Waals surface area contributed by atoms with Crippen LogP contribution < -0.4 is 10.1 Å². The summed E-state index contributed by atoms with van der Waals surface area (Å²) in [6.07, 6.45) is 3.12. The van der Waals surface area contributed by atoms with Crippen LogP contribution in [0.5, 0.6) is 5.75 Å². The van der Waals surface area contributed by atoms with Gasteiger partial charge in [-0.2, -0.15) is 0 Å². The van der Waals surface area contributed by atoms with Crippen LogP contribution in [0.15, 0.2) is 54.6 Å². The van der Waals surface area contributed by atoms with Gasteiger partial charge >= 0.3 is 0 Å². The van der Waals surface area contributed by atoms with Crippen LogP contribution in [0.25, 0.3) is 10.4 Å². The summed E-state index contributed by atoms with van der Waals surface area (Å²) < 4.78 is 5.61. The summed E-state index contributed by atoms with van der Waals surface area (Å²) in [4.78, 5) is 40.7. The zero-order valence-electron chi connectivity index (χ0n) is 19.4. The molecule has 0 spiro atoms. The van der Waals surface area contributed by atoms with Gasteiger partial charge in [0.25, 0.3) is 11.8 Å². The Morgan fingerprint density at radius 3 is 2.44 bits per heavy atom. The maximum atomic E-state index is 13.5. The molecule has 2 aromatic carbocycles. The SMILES string of the molecule is CC(=O)c1cccc(OCC(=O)Nc2sc(-c3ccccc3)c(C)c2C(=O)N2CCCCC2)c1. The zero-order chi connectivity index (χ0) is 24.1. The Hall–Kier alpha value is -3.45. The summed E-state index contributed by atoms with van der Waals surface area (Å²) in [7, 11) is 0. The number of ether oxygens (including phenoxy) is 1. The second-order valence-corrected chi connectivity index (χ2v) is 9.42. The Bertz CT molecular complexity index is 1200. The Morgan fingerprint density at radius 2 is 1.74 bits per heavy atom. The summed E-state index contributed by atoms with van der Waals surface area (Å²) in [6.45, 7) is 4.66. The number of likely N-dealkylation sites (tertiary alicyclic amines) is 1. The smallest absolute Gasteiger partial charge is 0.262 e. The van der Waals surface area contributed by atoms with Crippen molar-refractivity contribution in [2.45, 2.75) is 33.1 Å². The van der Waals surface area contributed by atoms with Crippen molar-refractivity contribution in [3.63, 3.8) is 0 Å². The number of rotatable bonds is 7. The fourth-order valence-electron chi connectivity index (χ4n) is 4.10. The molecule has 2 amide bonds. The molecule has 1 N–H and O–H groups in total. The third kappa shape index (κ3) is 5.37. The van der Waals surface area contributed by atoms with E-state index in [9.17, 15) is 14.4 Å². The number of anilines is 1. The summed E-state index contributed by atoms with van der Waals surface area (Å²) >= 11 is 1.41. The molecule has 2 heterocycles. The minimum Gasteiger partial charge on any atom is -0.484 e. The Morgan fingerprint density at radius 1 is 1.00 bits per heavy atom. The number of carbonyl (C=O) groups excluding carboxylic acids is 3. The van der Waals surface area contributed by atoms with E-state index in [1.54, 1.807) is 24.3 Å². The first kappa shape index (κ1) is 23.7. The Balaban J connectivity index is 1.57. The summed E-state index contributed by atoms with van der Waals surface area (Å²) in [6, 6.07) is 16.6. The minimum atomic E-state index is -0.359. The van der Waals surface area contributed by atoms with Crippen LogP contribution in [-0.4, -0.2) is 42.2 Å². The van der Waals surface area contributed by atoms with E-state index < -0.39 is 0 Å². The molecule has 0 unspecified atom stereocenters. The quantitative estimate of drug-likeness (QED) is 0.453. The Labute approximate surface area is 203 Å². The van der Waals surface area contributed by atoms with Crippen molar-refractivity contribution in [1.29, 1.82) is 0 Å². The molecular weight excluding hydrogens is 448 g/mol. The van der Waals surface area contributed by atoms with Gasteiger partial charge in [-0.1, -0.05) is 42.5 Å². The molecule has 0 saturated carbocycles. The number of nitrogens with one attached hydrogen (secondary N) is 1. The maximum Gasteiger partial charge on any atom is 0.262 e. The lowest BCUT2D eigenvalue weighted by Gasteiger charge is -2.27. The molecule has 0 atom stereocenters. The molecule has 3 aromatic rings. The van der Waals surface area contributed by atoms with Gasteiger partial charge in [-0.05, 0) is 56.4 Å². The highest BCUT2D eigenvalue weighted by molar-refractivity contribution is 7.20. The number of hydrogen-bond donors (Lipinski definition) is 1. The van der Waals surface area contributed by atoms with Crippen molar-refractivity contribution in [3.8, 4) is 16.2 Å². The van der Waals surface area contributed by atoms with Crippen molar-refractivity contribution in [2.24, 2.45) is 0 Å². The van der Waals surface area contributed by atoms with Crippen LogP contribution in [0.4, 0.5) is 5.00 Å². The van der Waals surface area contributed by atoms with Crippen molar-refractivity contribution in [3.05, 3.63) is 71.3 Å². The standard InChI is InChI=1S/C27H28N2O4S/c1-18-24(27(32)29-14-7-4-8-15-29)26(34-25(18)20-10-5-3-6-11-20)28-23(31)17-33-22-13-9-12-21(16-22)19(2)30/h3,5-6,9-13,16H,4,7-8,14-15,17H2,1-2H3,(H,28,31). The molecule has 176 valence electrons. The third-order valence-electron chi connectivity index (χ3n) is 5.90. The zero-order valence-corrected chi connectivity index (χ0v) is 20.2. The second kappa shape index (κ2) is 10.7. The van der Waals surface area contributed by atoms with Gasteiger partial charge in [-0.15, -0.1) is 11.3 Å². The second-order valence-electron chi connectivity index (χ2n) is 8.40. The Kier molecular flexibility index (Phi) is 7.43. The molecule has 1 fully saturated rings. The van der Waals surface area contributed by atoms with Crippen LogP contribution in [0.3, 0.4) is 0 Å². The number of benzene rings is 2. The predicted molar refractivity (Wildman–Crippen MR) is 135 cm³/mol. The van der Waals surface area contributed by atoms with Crippen LogP contribution in [0, 0.1) is 6.92 Å². The van der Waals surface area contributed by atoms with Crippen LogP contribution in [0.1, 0.15) is 52.5 Å². The lowest BCUT2D eigenvalue weighted by molar-refractivity contribution is -0.118. The van der Waals surface area contributed by atoms with E-state index in [0.717, 1.165) is 48.4 Å². The van der Waals surface area contributed by atoms with Crippen molar-refractivity contribution < 1.29 is 19.1 Å². The summed E-state index contributed by atoms with van der Waals surface area (Å²) in [5.74, 6) is -0.0270. The van der Waals surface area contributed by atoms with Gasteiger partial charge in [0.05, 0.1) is 5.56 Å². The number of amides is 2. The first-order valence-electron chi connectivity index (χ1n) is 11.5. The summed E-state index contributed by atoms with van der Waals surface area (Å²) in [5, 5.41) is 3.45. The van der Waals surface area contributed by atoms with Crippen molar-refractivity contribution in [1.82, 2.24) is 4.90 Å². The molecular formula is C27H28N2O4S.